The lowest BCUT2D eigenvalue weighted by molar-refractivity contribution is 0.101. The Kier molecular flexibility index (Phi) is 2.17. The maximum absolute atomic E-state index is 10.8. The quantitative estimate of drug-likeness (QED) is 0.610. The molecule has 0 N–H and O–H groups in total. The average Bonchev–Trinajstić information content (AvgIpc) is 2.33. The van der Waals surface area contributed by atoms with E-state index >= 15 is 0 Å². The Labute approximate surface area is 63.9 Å². The minimum Gasteiger partial charge on any atom is -0.293 e. The first-order valence-electron chi connectivity index (χ1n) is 3.19. The van der Waals surface area contributed by atoms with E-state index in [1.165, 1.54) is 0 Å². The van der Waals surface area contributed by atoms with Crippen LogP contribution in [-0.4, -0.2) is 10.8 Å². The van der Waals surface area contributed by atoms with Crippen LogP contribution in [0.3, 0.4) is 0 Å². The van der Waals surface area contributed by atoms with E-state index in [2.05, 4.69) is 4.98 Å². The van der Waals surface area contributed by atoms with E-state index in [1.807, 2.05) is 6.92 Å². The van der Waals surface area contributed by atoms with Crippen LogP contribution >= 0.6 is 11.3 Å². The van der Waals surface area contributed by atoms with E-state index in [1.54, 1.807) is 23.8 Å². The molecular formula is C7H9NOS. The molecule has 1 aromatic rings. The van der Waals surface area contributed by atoms with Gasteiger partial charge in [0, 0.05) is 11.8 Å². The Bertz CT molecular complexity index is 242. The monoisotopic (exact) mass is 155 g/mol. The van der Waals surface area contributed by atoms with Crippen LogP contribution < -0.4 is 0 Å². The van der Waals surface area contributed by atoms with Crippen LogP contribution in [0.15, 0.2) is 5.51 Å². The summed E-state index contributed by atoms with van der Waals surface area (Å²) in [6.45, 7) is 3.58. The molecule has 0 amide bonds. The van der Waals surface area contributed by atoms with Gasteiger partial charge in [0.25, 0.3) is 0 Å². The number of ketones is 1. The van der Waals surface area contributed by atoms with Crippen LogP contribution in [0.25, 0.3) is 0 Å². The fourth-order valence-corrected chi connectivity index (χ4v) is 1.57. The molecule has 0 aromatic carbocycles. The van der Waals surface area contributed by atoms with E-state index in [0.29, 0.717) is 5.69 Å². The van der Waals surface area contributed by atoms with Crippen molar-refractivity contribution in [3.05, 3.63) is 16.1 Å². The van der Waals surface area contributed by atoms with Gasteiger partial charge in [-0.05, 0) is 6.42 Å². The van der Waals surface area contributed by atoms with Crippen molar-refractivity contribution in [3.8, 4) is 0 Å². The molecular weight excluding hydrogens is 146 g/mol. The highest BCUT2D eigenvalue weighted by Gasteiger charge is 2.07. The first-order chi connectivity index (χ1) is 4.75. The highest BCUT2D eigenvalue weighted by atomic mass is 32.1. The van der Waals surface area contributed by atoms with Gasteiger partial charge in [-0.3, -0.25) is 4.79 Å². The molecule has 0 aliphatic carbocycles. The van der Waals surface area contributed by atoms with Crippen LogP contribution in [0.1, 0.15) is 29.2 Å². The van der Waals surface area contributed by atoms with Gasteiger partial charge in [0.05, 0.1) is 5.51 Å². The topological polar surface area (TPSA) is 30.0 Å². The number of Topliss-reactive ketones (excluding diaryl/α,β-unsaturated/α-hetero) is 1. The highest BCUT2D eigenvalue weighted by molar-refractivity contribution is 7.09. The maximum atomic E-state index is 10.8. The second-order valence-electron chi connectivity index (χ2n) is 2.03. The molecule has 0 atom stereocenters. The Morgan fingerprint density at radius 2 is 2.50 bits per heavy atom. The van der Waals surface area contributed by atoms with E-state index in [0.717, 1.165) is 11.3 Å². The van der Waals surface area contributed by atoms with Gasteiger partial charge in [-0.1, -0.05) is 6.92 Å². The van der Waals surface area contributed by atoms with Crippen LogP contribution in [0, 0.1) is 0 Å². The summed E-state index contributed by atoms with van der Waals surface area (Å²) in [5.74, 6) is 0.0677. The molecule has 0 fully saturated rings. The Morgan fingerprint density at radius 3 is 2.90 bits per heavy atom. The Morgan fingerprint density at radius 1 is 1.80 bits per heavy atom. The lowest BCUT2D eigenvalue weighted by atomic mass is 10.2. The number of carbonyl (C=O) groups is 1. The molecule has 2 nitrogen and oxygen atoms in total. The van der Waals surface area contributed by atoms with Crippen molar-refractivity contribution in [1.82, 2.24) is 4.98 Å². The molecule has 0 radical (unpaired) electrons. The molecule has 1 aromatic heterocycles. The molecule has 0 aliphatic rings. The van der Waals surface area contributed by atoms with Crippen molar-refractivity contribution in [2.75, 3.05) is 0 Å². The summed E-state index contributed by atoms with van der Waals surface area (Å²) in [6.07, 6.45) is 0.902. The number of nitrogens with zero attached hydrogens (tertiary/aromatic N) is 1. The number of aryl methyl sites for hydroxylation is 1. The zero-order valence-electron chi connectivity index (χ0n) is 6.05. The number of thiazole rings is 1. The molecule has 1 heterocycles. The van der Waals surface area contributed by atoms with Crippen molar-refractivity contribution in [2.45, 2.75) is 20.3 Å². The molecule has 10 heavy (non-hydrogen) atoms. The summed E-state index contributed by atoms with van der Waals surface area (Å²) < 4.78 is 0. The molecule has 0 unspecified atom stereocenters. The van der Waals surface area contributed by atoms with Gasteiger partial charge in [-0.2, -0.15) is 0 Å². The van der Waals surface area contributed by atoms with Gasteiger partial charge >= 0.3 is 0 Å². The SMILES string of the molecule is CCc1scnc1C(C)=O. The van der Waals surface area contributed by atoms with Crippen molar-refractivity contribution >= 4 is 17.1 Å². The number of hydrogen-bond donors (Lipinski definition) is 0. The van der Waals surface area contributed by atoms with E-state index in [9.17, 15) is 4.79 Å². The number of hydrogen-bond acceptors (Lipinski definition) is 3. The minimum absolute atomic E-state index is 0.0677. The average molecular weight is 155 g/mol. The van der Waals surface area contributed by atoms with Crippen molar-refractivity contribution in [2.24, 2.45) is 0 Å². The van der Waals surface area contributed by atoms with Gasteiger partial charge in [0.15, 0.2) is 5.78 Å². The second-order valence-corrected chi connectivity index (χ2v) is 2.97. The fourth-order valence-electron chi connectivity index (χ4n) is 0.809. The smallest absolute Gasteiger partial charge is 0.179 e. The van der Waals surface area contributed by atoms with E-state index in [-0.39, 0.29) is 5.78 Å². The third-order valence-corrected chi connectivity index (χ3v) is 2.27. The fraction of sp³-hybridized carbons (Fsp3) is 0.429. The summed E-state index contributed by atoms with van der Waals surface area (Å²) in [6, 6.07) is 0. The van der Waals surface area contributed by atoms with Gasteiger partial charge in [-0.25, -0.2) is 4.98 Å². The molecule has 54 valence electrons. The molecule has 0 saturated heterocycles. The Balaban J connectivity index is 3.01. The van der Waals surface area contributed by atoms with Crippen molar-refractivity contribution < 1.29 is 4.79 Å². The van der Waals surface area contributed by atoms with Crippen LogP contribution in [0.4, 0.5) is 0 Å². The summed E-state index contributed by atoms with van der Waals surface area (Å²) in [5.41, 5.74) is 2.36. The summed E-state index contributed by atoms with van der Waals surface area (Å²) in [5, 5.41) is 0. The van der Waals surface area contributed by atoms with E-state index in [4.69, 9.17) is 0 Å². The zero-order chi connectivity index (χ0) is 7.56. The zero-order valence-corrected chi connectivity index (χ0v) is 6.86. The van der Waals surface area contributed by atoms with Gasteiger partial charge in [-0.15, -0.1) is 11.3 Å². The summed E-state index contributed by atoms with van der Waals surface area (Å²) >= 11 is 1.55. The molecule has 0 bridgehead atoms. The number of carbonyl (C=O) groups excluding carboxylic acids is 1. The molecule has 0 aliphatic heterocycles. The number of aromatic nitrogens is 1. The molecule has 1 rings (SSSR count). The third kappa shape index (κ3) is 1.24. The molecule has 3 heteroatoms. The van der Waals surface area contributed by atoms with Crippen LogP contribution in [0.5, 0.6) is 0 Å². The largest absolute Gasteiger partial charge is 0.293 e. The predicted octanol–water partition coefficient (Wildman–Crippen LogP) is 1.91. The van der Waals surface area contributed by atoms with Crippen molar-refractivity contribution in [1.29, 1.82) is 0 Å². The maximum Gasteiger partial charge on any atom is 0.179 e. The van der Waals surface area contributed by atoms with E-state index < -0.39 is 0 Å². The van der Waals surface area contributed by atoms with Gasteiger partial charge in [0.1, 0.15) is 5.69 Å². The second kappa shape index (κ2) is 2.92. The number of rotatable bonds is 2. The molecule has 0 saturated carbocycles. The normalized spacial score (nSPS) is 9.80. The summed E-state index contributed by atoms with van der Waals surface area (Å²) in [7, 11) is 0. The van der Waals surface area contributed by atoms with Crippen LogP contribution in [0.2, 0.25) is 0 Å². The molecule has 0 spiro atoms. The standard InChI is InChI=1S/C7H9NOS/c1-3-6-7(5(2)9)8-4-10-6/h4H,3H2,1-2H3. The van der Waals surface area contributed by atoms with Crippen molar-refractivity contribution in [3.63, 3.8) is 0 Å². The summed E-state index contributed by atoms with van der Waals surface area (Å²) in [4.78, 5) is 15.9. The first-order valence-corrected chi connectivity index (χ1v) is 4.07. The van der Waals surface area contributed by atoms with Gasteiger partial charge in [0.2, 0.25) is 0 Å². The lowest BCUT2D eigenvalue weighted by Crippen LogP contribution is -1.95. The highest BCUT2D eigenvalue weighted by Crippen LogP contribution is 2.13. The lowest BCUT2D eigenvalue weighted by Gasteiger charge is -1.90. The van der Waals surface area contributed by atoms with Crippen LogP contribution in [-0.2, 0) is 6.42 Å². The first kappa shape index (κ1) is 7.41. The van der Waals surface area contributed by atoms with Gasteiger partial charge < -0.3 is 0 Å². The Hall–Kier alpha value is -0.700. The predicted molar refractivity (Wildman–Crippen MR) is 41.5 cm³/mol. The third-order valence-electron chi connectivity index (χ3n) is 1.30. The minimum atomic E-state index is 0.0677.